The Balaban J connectivity index is 1.65. The number of ether oxygens (including phenoxy) is 1. The number of nitrogens with one attached hydrogen (secondary N) is 1. The zero-order valence-electron chi connectivity index (χ0n) is 10.3. The molecule has 3 heteroatoms. The van der Waals surface area contributed by atoms with Gasteiger partial charge in [-0.05, 0) is 55.5 Å². The second-order valence-corrected chi connectivity index (χ2v) is 6.15. The zero-order chi connectivity index (χ0) is 11.5. The van der Waals surface area contributed by atoms with Gasteiger partial charge in [-0.1, -0.05) is 0 Å². The summed E-state index contributed by atoms with van der Waals surface area (Å²) in [5, 5.41) is 6.12. The van der Waals surface area contributed by atoms with E-state index in [1.807, 2.05) is 11.3 Å². The Kier molecular flexibility index (Phi) is 3.79. The third-order valence-corrected chi connectivity index (χ3v) is 4.94. The van der Waals surface area contributed by atoms with E-state index in [1.165, 1.54) is 38.5 Å². The fraction of sp³-hybridized carbons (Fsp3) is 0.714. The lowest BCUT2D eigenvalue weighted by Gasteiger charge is -2.28. The van der Waals surface area contributed by atoms with Gasteiger partial charge in [0, 0.05) is 30.2 Å². The Hall–Kier alpha value is -0.380. The van der Waals surface area contributed by atoms with Gasteiger partial charge in [0.1, 0.15) is 0 Å². The average Bonchev–Trinajstić information content (AvgIpc) is 2.69. The largest absolute Gasteiger partial charge is 0.381 e. The van der Waals surface area contributed by atoms with Gasteiger partial charge >= 0.3 is 0 Å². The predicted octanol–water partition coefficient (Wildman–Crippen LogP) is 3.28. The molecule has 1 fully saturated rings. The fourth-order valence-corrected chi connectivity index (χ4v) is 4.00. The van der Waals surface area contributed by atoms with Gasteiger partial charge in [-0.3, -0.25) is 0 Å². The molecule has 3 rings (SSSR count). The highest BCUT2D eigenvalue weighted by atomic mass is 32.1. The molecule has 0 bridgehead atoms. The lowest BCUT2D eigenvalue weighted by molar-refractivity contribution is 0.142. The van der Waals surface area contributed by atoms with Gasteiger partial charge in [0.2, 0.25) is 0 Å². The van der Waals surface area contributed by atoms with E-state index in [0.29, 0.717) is 12.1 Å². The van der Waals surface area contributed by atoms with Crippen molar-refractivity contribution in [1.29, 1.82) is 0 Å². The maximum Gasteiger partial charge on any atom is 0.0480 e. The SMILES string of the molecule is c1cc2c(s1)CCCC2NC1CCCOCC1. The molecule has 2 unspecified atom stereocenters. The molecule has 1 aliphatic heterocycles. The standard InChI is InChI=1S/C14H21NOS/c1-4-13(12-7-10-17-14(12)5-1)15-11-3-2-8-16-9-6-11/h7,10-11,13,15H,1-6,8-9H2. The summed E-state index contributed by atoms with van der Waals surface area (Å²) in [5.41, 5.74) is 1.58. The summed E-state index contributed by atoms with van der Waals surface area (Å²) in [4.78, 5) is 1.61. The molecule has 2 atom stereocenters. The van der Waals surface area contributed by atoms with Crippen LogP contribution in [0.4, 0.5) is 0 Å². The second-order valence-electron chi connectivity index (χ2n) is 5.15. The van der Waals surface area contributed by atoms with E-state index in [9.17, 15) is 0 Å². The first kappa shape index (κ1) is 11.7. The quantitative estimate of drug-likeness (QED) is 0.871. The van der Waals surface area contributed by atoms with Crippen LogP contribution >= 0.6 is 11.3 Å². The average molecular weight is 251 g/mol. The first-order valence-electron chi connectivity index (χ1n) is 6.83. The van der Waals surface area contributed by atoms with Crippen molar-refractivity contribution in [1.82, 2.24) is 5.32 Å². The minimum atomic E-state index is 0.605. The predicted molar refractivity (Wildman–Crippen MR) is 71.6 cm³/mol. The summed E-state index contributed by atoms with van der Waals surface area (Å²) < 4.78 is 5.53. The van der Waals surface area contributed by atoms with E-state index < -0.39 is 0 Å². The Bertz CT molecular complexity index is 355. The monoisotopic (exact) mass is 251 g/mol. The maximum atomic E-state index is 5.53. The molecule has 17 heavy (non-hydrogen) atoms. The Morgan fingerprint density at radius 1 is 1.18 bits per heavy atom. The summed E-state index contributed by atoms with van der Waals surface area (Å²) >= 11 is 1.93. The molecular formula is C14H21NOS. The highest BCUT2D eigenvalue weighted by Crippen LogP contribution is 2.34. The normalized spacial score (nSPS) is 29.6. The Morgan fingerprint density at radius 3 is 3.18 bits per heavy atom. The molecule has 1 aliphatic carbocycles. The van der Waals surface area contributed by atoms with Crippen LogP contribution in [0.1, 0.15) is 48.6 Å². The van der Waals surface area contributed by atoms with Crippen LogP contribution in [0, 0.1) is 0 Å². The van der Waals surface area contributed by atoms with Gasteiger partial charge in [-0.25, -0.2) is 0 Å². The second kappa shape index (κ2) is 5.51. The molecule has 2 nitrogen and oxygen atoms in total. The van der Waals surface area contributed by atoms with E-state index in [-0.39, 0.29) is 0 Å². The van der Waals surface area contributed by atoms with Gasteiger partial charge in [0.15, 0.2) is 0 Å². The number of hydrogen-bond donors (Lipinski definition) is 1. The van der Waals surface area contributed by atoms with Crippen LogP contribution in [0.5, 0.6) is 0 Å². The number of thiophene rings is 1. The molecule has 1 saturated heterocycles. The first-order valence-corrected chi connectivity index (χ1v) is 7.71. The molecule has 0 aromatic carbocycles. The number of fused-ring (bicyclic) bond motifs is 1. The van der Waals surface area contributed by atoms with Crippen LogP contribution in [0.2, 0.25) is 0 Å². The van der Waals surface area contributed by atoms with Crippen LogP contribution in [0.25, 0.3) is 0 Å². The van der Waals surface area contributed by atoms with Gasteiger partial charge in [0.05, 0.1) is 0 Å². The van der Waals surface area contributed by atoms with Crippen molar-refractivity contribution in [3.8, 4) is 0 Å². The molecule has 0 saturated carbocycles. The number of rotatable bonds is 2. The Morgan fingerprint density at radius 2 is 2.18 bits per heavy atom. The third kappa shape index (κ3) is 2.72. The maximum absolute atomic E-state index is 5.53. The van der Waals surface area contributed by atoms with Crippen molar-refractivity contribution in [3.05, 3.63) is 21.9 Å². The third-order valence-electron chi connectivity index (χ3n) is 3.94. The Labute approximate surface area is 107 Å². The van der Waals surface area contributed by atoms with Crippen molar-refractivity contribution >= 4 is 11.3 Å². The van der Waals surface area contributed by atoms with Crippen molar-refractivity contribution in [2.75, 3.05) is 13.2 Å². The molecule has 0 spiro atoms. The van der Waals surface area contributed by atoms with Gasteiger partial charge in [-0.2, -0.15) is 0 Å². The van der Waals surface area contributed by atoms with Crippen molar-refractivity contribution in [3.63, 3.8) is 0 Å². The lowest BCUT2D eigenvalue weighted by atomic mass is 9.92. The topological polar surface area (TPSA) is 21.3 Å². The molecule has 2 heterocycles. The van der Waals surface area contributed by atoms with Crippen LogP contribution in [0.15, 0.2) is 11.4 Å². The van der Waals surface area contributed by atoms with Gasteiger partial charge in [-0.15, -0.1) is 11.3 Å². The summed E-state index contributed by atoms with van der Waals surface area (Å²) in [6.07, 6.45) is 7.60. The number of aryl methyl sites for hydroxylation is 1. The molecule has 1 aromatic rings. The summed E-state index contributed by atoms with van der Waals surface area (Å²) in [7, 11) is 0. The van der Waals surface area contributed by atoms with E-state index in [2.05, 4.69) is 16.8 Å². The smallest absolute Gasteiger partial charge is 0.0480 e. The van der Waals surface area contributed by atoms with E-state index in [4.69, 9.17) is 4.74 Å². The number of hydrogen-bond acceptors (Lipinski definition) is 3. The molecule has 1 N–H and O–H groups in total. The van der Waals surface area contributed by atoms with E-state index >= 15 is 0 Å². The molecular weight excluding hydrogens is 230 g/mol. The lowest BCUT2D eigenvalue weighted by Crippen LogP contribution is -2.34. The van der Waals surface area contributed by atoms with Gasteiger partial charge < -0.3 is 10.1 Å². The van der Waals surface area contributed by atoms with E-state index in [1.54, 1.807) is 10.4 Å². The summed E-state index contributed by atoms with van der Waals surface area (Å²) in [6, 6.07) is 3.59. The van der Waals surface area contributed by atoms with E-state index in [0.717, 1.165) is 13.2 Å². The summed E-state index contributed by atoms with van der Waals surface area (Å²) in [6.45, 7) is 1.88. The van der Waals surface area contributed by atoms with Crippen LogP contribution < -0.4 is 5.32 Å². The summed E-state index contributed by atoms with van der Waals surface area (Å²) in [5.74, 6) is 0. The van der Waals surface area contributed by atoms with Crippen LogP contribution in [-0.2, 0) is 11.2 Å². The highest BCUT2D eigenvalue weighted by molar-refractivity contribution is 7.10. The minimum Gasteiger partial charge on any atom is -0.381 e. The zero-order valence-corrected chi connectivity index (χ0v) is 11.1. The van der Waals surface area contributed by atoms with Crippen molar-refractivity contribution in [2.24, 2.45) is 0 Å². The van der Waals surface area contributed by atoms with Gasteiger partial charge in [0.25, 0.3) is 0 Å². The van der Waals surface area contributed by atoms with Crippen LogP contribution in [-0.4, -0.2) is 19.3 Å². The molecule has 0 amide bonds. The minimum absolute atomic E-state index is 0.605. The molecule has 2 aliphatic rings. The molecule has 0 radical (unpaired) electrons. The van der Waals surface area contributed by atoms with Crippen molar-refractivity contribution < 1.29 is 4.74 Å². The molecule has 1 aromatic heterocycles. The molecule has 94 valence electrons. The fourth-order valence-electron chi connectivity index (χ4n) is 3.01. The van der Waals surface area contributed by atoms with Crippen LogP contribution in [0.3, 0.4) is 0 Å². The first-order chi connectivity index (χ1) is 8.43. The highest BCUT2D eigenvalue weighted by Gasteiger charge is 2.24. The van der Waals surface area contributed by atoms with Crippen molar-refractivity contribution in [2.45, 2.75) is 50.6 Å².